The molecule has 1 aromatic rings. The van der Waals surface area contributed by atoms with Gasteiger partial charge in [-0.05, 0) is 24.1 Å². The van der Waals surface area contributed by atoms with Crippen LogP contribution in [-0.4, -0.2) is 16.8 Å². The van der Waals surface area contributed by atoms with Crippen LogP contribution in [0, 0.1) is 0 Å². The zero-order valence-electron chi connectivity index (χ0n) is 8.53. The van der Waals surface area contributed by atoms with Gasteiger partial charge >= 0.3 is 0 Å². The molecule has 1 heterocycles. The van der Waals surface area contributed by atoms with Gasteiger partial charge in [0.1, 0.15) is 0 Å². The zero-order chi connectivity index (χ0) is 9.80. The normalized spacial score (nSPS) is 19.6. The lowest BCUT2D eigenvalue weighted by atomic mass is 10.1. The average Bonchev–Trinajstić information content (AvgIpc) is 3.01. The standard InChI is InChI=1S/C12H16S2/c1-2-3-10-4-6-11(7-5-10)13-8-12-9-14-12/h4-7,12H,2-3,8-9H2,1H3. The minimum atomic E-state index is 0.940. The predicted molar refractivity (Wildman–Crippen MR) is 67.4 cm³/mol. The first-order valence-electron chi connectivity index (χ1n) is 5.22. The second kappa shape index (κ2) is 5.13. The van der Waals surface area contributed by atoms with Crippen molar-refractivity contribution in [3.63, 3.8) is 0 Å². The number of hydrogen-bond donors (Lipinski definition) is 0. The number of hydrogen-bond acceptors (Lipinski definition) is 2. The largest absolute Gasteiger partial charge is 0.156 e. The minimum absolute atomic E-state index is 0.940. The minimum Gasteiger partial charge on any atom is -0.156 e. The van der Waals surface area contributed by atoms with Gasteiger partial charge < -0.3 is 0 Å². The molecule has 1 unspecified atom stereocenters. The van der Waals surface area contributed by atoms with Gasteiger partial charge in [-0.25, -0.2) is 0 Å². The van der Waals surface area contributed by atoms with Gasteiger partial charge in [-0.2, -0.15) is 11.8 Å². The van der Waals surface area contributed by atoms with Crippen molar-refractivity contribution in [2.24, 2.45) is 0 Å². The highest BCUT2D eigenvalue weighted by molar-refractivity contribution is 8.08. The summed E-state index contributed by atoms with van der Waals surface area (Å²) < 4.78 is 0. The third-order valence-electron chi connectivity index (χ3n) is 2.30. The summed E-state index contributed by atoms with van der Waals surface area (Å²) in [7, 11) is 0. The Morgan fingerprint density at radius 2 is 2.07 bits per heavy atom. The number of benzene rings is 1. The third kappa shape index (κ3) is 3.25. The monoisotopic (exact) mass is 224 g/mol. The van der Waals surface area contributed by atoms with Crippen LogP contribution in [0.1, 0.15) is 18.9 Å². The number of thioether (sulfide) groups is 2. The fourth-order valence-corrected chi connectivity index (χ4v) is 3.21. The van der Waals surface area contributed by atoms with Crippen molar-refractivity contribution in [2.45, 2.75) is 29.9 Å². The van der Waals surface area contributed by atoms with Crippen LogP contribution < -0.4 is 0 Å². The van der Waals surface area contributed by atoms with Crippen molar-refractivity contribution in [3.05, 3.63) is 29.8 Å². The van der Waals surface area contributed by atoms with E-state index < -0.39 is 0 Å². The average molecular weight is 224 g/mol. The Labute approximate surface area is 94.9 Å². The van der Waals surface area contributed by atoms with Gasteiger partial charge in [-0.1, -0.05) is 25.5 Å². The molecule has 0 radical (unpaired) electrons. The van der Waals surface area contributed by atoms with E-state index in [1.807, 2.05) is 11.8 Å². The Morgan fingerprint density at radius 1 is 1.36 bits per heavy atom. The van der Waals surface area contributed by atoms with E-state index in [2.05, 4.69) is 43.0 Å². The Hall–Kier alpha value is -0.0800. The van der Waals surface area contributed by atoms with Crippen LogP contribution in [-0.2, 0) is 6.42 Å². The van der Waals surface area contributed by atoms with Gasteiger partial charge in [0.25, 0.3) is 0 Å². The van der Waals surface area contributed by atoms with Crippen molar-refractivity contribution < 1.29 is 0 Å². The van der Waals surface area contributed by atoms with Crippen molar-refractivity contribution in [1.29, 1.82) is 0 Å². The number of rotatable bonds is 5. The van der Waals surface area contributed by atoms with E-state index in [0.717, 1.165) is 5.25 Å². The first-order valence-corrected chi connectivity index (χ1v) is 7.25. The number of aryl methyl sites for hydroxylation is 1. The van der Waals surface area contributed by atoms with E-state index in [4.69, 9.17) is 0 Å². The summed E-state index contributed by atoms with van der Waals surface area (Å²) in [4.78, 5) is 1.43. The Kier molecular flexibility index (Phi) is 3.82. The lowest BCUT2D eigenvalue weighted by Crippen LogP contribution is -1.87. The Morgan fingerprint density at radius 3 is 2.64 bits per heavy atom. The van der Waals surface area contributed by atoms with E-state index in [0.29, 0.717) is 0 Å². The molecule has 0 aromatic heterocycles. The predicted octanol–water partition coefficient (Wildman–Crippen LogP) is 3.85. The highest BCUT2D eigenvalue weighted by atomic mass is 32.2. The summed E-state index contributed by atoms with van der Waals surface area (Å²) in [5.41, 5.74) is 1.47. The van der Waals surface area contributed by atoms with Crippen molar-refractivity contribution in [3.8, 4) is 0 Å². The summed E-state index contributed by atoms with van der Waals surface area (Å²) in [6.07, 6.45) is 2.45. The lowest BCUT2D eigenvalue weighted by molar-refractivity contribution is 0.920. The molecule has 0 N–H and O–H groups in total. The molecular formula is C12H16S2. The van der Waals surface area contributed by atoms with Crippen LogP contribution >= 0.6 is 23.5 Å². The molecule has 0 nitrogen and oxygen atoms in total. The van der Waals surface area contributed by atoms with E-state index in [-0.39, 0.29) is 0 Å². The molecular weight excluding hydrogens is 208 g/mol. The van der Waals surface area contributed by atoms with Gasteiger partial charge in [0.15, 0.2) is 0 Å². The maximum absolute atomic E-state index is 2.27. The fourth-order valence-electron chi connectivity index (χ4n) is 1.39. The summed E-state index contributed by atoms with van der Waals surface area (Å²) in [6, 6.07) is 9.07. The lowest BCUT2D eigenvalue weighted by Gasteiger charge is -2.02. The van der Waals surface area contributed by atoms with Crippen LogP contribution in [0.3, 0.4) is 0 Å². The molecule has 1 fully saturated rings. The van der Waals surface area contributed by atoms with Gasteiger partial charge in [0, 0.05) is 21.7 Å². The molecule has 1 aliphatic heterocycles. The van der Waals surface area contributed by atoms with Gasteiger partial charge in [0.05, 0.1) is 0 Å². The van der Waals surface area contributed by atoms with E-state index in [1.165, 1.54) is 34.8 Å². The zero-order valence-corrected chi connectivity index (χ0v) is 10.2. The first kappa shape index (κ1) is 10.4. The Balaban J connectivity index is 1.84. The van der Waals surface area contributed by atoms with Gasteiger partial charge in [-0.3, -0.25) is 0 Å². The second-order valence-electron chi connectivity index (χ2n) is 3.66. The molecule has 0 saturated carbocycles. The summed E-state index contributed by atoms with van der Waals surface area (Å²) in [6.45, 7) is 2.23. The van der Waals surface area contributed by atoms with Crippen molar-refractivity contribution >= 4 is 23.5 Å². The molecule has 0 bridgehead atoms. The fraction of sp³-hybridized carbons (Fsp3) is 0.500. The second-order valence-corrected chi connectivity index (χ2v) is 6.09. The summed E-state index contributed by atoms with van der Waals surface area (Å²) >= 11 is 4.07. The van der Waals surface area contributed by atoms with Crippen LogP contribution in [0.4, 0.5) is 0 Å². The highest BCUT2D eigenvalue weighted by Crippen LogP contribution is 2.35. The van der Waals surface area contributed by atoms with E-state index >= 15 is 0 Å². The quantitative estimate of drug-likeness (QED) is 0.550. The molecule has 0 aliphatic carbocycles. The van der Waals surface area contributed by atoms with Crippen molar-refractivity contribution in [1.82, 2.24) is 0 Å². The van der Waals surface area contributed by atoms with E-state index in [9.17, 15) is 0 Å². The smallest absolute Gasteiger partial charge is 0.0232 e. The van der Waals surface area contributed by atoms with Crippen LogP contribution in [0.15, 0.2) is 29.2 Å². The van der Waals surface area contributed by atoms with Gasteiger partial charge in [-0.15, -0.1) is 11.8 Å². The molecule has 76 valence electrons. The molecule has 14 heavy (non-hydrogen) atoms. The summed E-state index contributed by atoms with van der Waals surface area (Å²) in [5.74, 6) is 2.67. The van der Waals surface area contributed by atoms with Gasteiger partial charge in [0.2, 0.25) is 0 Å². The van der Waals surface area contributed by atoms with Crippen LogP contribution in [0.25, 0.3) is 0 Å². The molecule has 2 heteroatoms. The first-order chi connectivity index (χ1) is 6.88. The molecule has 0 amide bonds. The molecule has 1 aromatic carbocycles. The van der Waals surface area contributed by atoms with Crippen LogP contribution in [0.5, 0.6) is 0 Å². The van der Waals surface area contributed by atoms with Crippen molar-refractivity contribution in [2.75, 3.05) is 11.5 Å². The topological polar surface area (TPSA) is 0 Å². The third-order valence-corrected chi connectivity index (χ3v) is 4.66. The maximum Gasteiger partial charge on any atom is 0.0232 e. The SMILES string of the molecule is CCCc1ccc(SCC2CS2)cc1. The summed E-state index contributed by atoms with van der Waals surface area (Å²) in [5, 5.41) is 0.940. The highest BCUT2D eigenvalue weighted by Gasteiger charge is 2.21. The molecule has 0 spiro atoms. The molecule has 1 atom stereocenters. The molecule has 1 aliphatic rings. The van der Waals surface area contributed by atoms with E-state index in [1.54, 1.807) is 0 Å². The Bertz CT molecular complexity index is 275. The maximum atomic E-state index is 2.27. The molecule has 2 rings (SSSR count). The molecule has 1 saturated heterocycles. The van der Waals surface area contributed by atoms with Crippen LogP contribution in [0.2, 0.25) is 0 Å².